The summed E-state index contributed by atoms with van der Waals surface area (Å²) in [5.41, 5.74) is 5.11. The number of hydrogen-bond acceptors (Lipinski definition) is 4. The van der Waals surface area contributed by atoms with Crippen molar-refractivity contribution in [3.8, 4) is 11.3 Å². The molecule has 2 aromatic carbocycles. The van der Waals surface area contributed by atoms with Gasteiger partial charge in [-0.1, -0.05) is 36.4 Å². The zero-order valence-corrected chi connectivity index (χ0v) is 16.6. The lowest BCUT2D eigenvalue weighted by molar-refractivity contribution is -0.115. The third-order valence-corrected chi connectivity index (χ3v) is 4.88. The average molecular weight is 378 g/mol. The summed E-state index contributed by atoms with van der Waals surface area (Å²) in [6.07, 6.45) is 0.432. The second-order valence-corrected chi connectivity index (χ2v) is 7.64. The SMILES string of the molecule is Cc1cc(C)cc(NC(=O)CCSc2cc(-c3ccccc3)nc(C)n2)c1. The van der Waals surface area contributed by atoms with Crippen LogP contribution in [0.4, 0.5) is 5.69 Å². The molecule has 0 saturated carbocycles. The first-order valence-electron chi connectivity index (χ1n) is 8.91. The molecule has 5 heteroatoms. The van der Waals surface area contributed by atoms with Crippen molar-refractivity contribution in [2.45, 2.75) is 32.2 Å². The number of hydrogen-bond donors (Lipinski definition) is 1. The van der Waals surface area contributed by atoms with Gasteiger partial charge in [-0.2, -0.15) is 0 Å². The fourth-order valence-corrected chi connectivity index (χ4v) is 3.78. The monoisotopic (exact) mass is 377 g/mol. The van der Waals surface area contributed by atoms with E-state index in [2.05, 4.69) is 21.4 Å². The Balaban J connectivity index is 1.58. The van der Waals surface area contributed by atoms with Crippen LogP contribution in [0.5, 0.6) is 0 Å². The fourth-order valence-electron chi connectivity index (χ4n) is 2.89. The molecule has 1 heterocycles. The summed E-state index contributed by atoms with van der Waals surface area (Å²) >= 11 is 1.58. The Labute approximate surface area is 164 Å². The predicted octanol–water partition coefficient (Wildman–Crippen LogP) is 5.19. The summed E-state index contributed by atoms with van der Waals surface area (Å²) in [4.78, 5) is 21.2. The van der Waals surface area contributed by atoms with E-state index in [-0.39, 0.29) is 5.91 Å². The van der Waals surface area contributed by atoms with E-state index in [1.165, 1.54) is 0 Å². The van der Waals surface area contributed by atoms with Gasteiger partial charge in [-0.15, -0.1) is 11.8 Å². The third-order valence-electron chi connectivity index (χ3n) is 3.97. The minimum absolute atomic E-state index is 0.0153. The van der Waals surface area contributed by atoms with Crippen molar-refractivity contribution >= 4 is 23.4 Å². The summed E-state index contributed by atoms with van der Waals surface area (Å²) in [6.45, 7) is 5.95. The van der Waals surface area contributed by atoms with Crippen molar-refractivity contribution in [1.29, 1.82) is 0 Å². The van der Waals surface area contributed by atoms with Crippen LogP contribution in [0.15, 0.2) is 59.6 Å². The second kappa shape index (κ2) is 8.82. The van der Waals surface area contributed by atoms with Gasteiger partial charge in [0.15, 0.2) is 0 Å². The number of aryl methyl sites for hydroxylation is 3. The largest absolute Gasteiger partial charge is 0.326 e. The first kappa shape index (κ1) is 19.1. The van der Waals surface area contributed by atoms with Crippen LogP contribution >= 0.6 is 11.8 Å². The van der Waals surface area contributed by atoms with Gasteiger partial charge < -0.3 is 5.32 Å². The van der Waals surface area contributed by atoms with Crippen LogP contribution in [0.3, 0.4) is 0 Å². The molecule has 1 N–H and O–H groups in total. The van der Waals surface area contributed by atoms with Crippen LogP contribution in [0, 0.1) is 20.8 Å². The number of nitrogens with one attached hydrogen (secondary N) is 1. The van der Waals surface area contributed by atoms with E-state index in [4.69, 9.17) is 0 Å². The molecular formula is C22H23N3OS. The van der Waals surface area contributed by atoms with Crippen LogP contribution in [-0.4, -0.2) is 21.6 Å². The normalized spacial score (nSPS) is 10.6. The zero-order chi connectivity index (χ0) is 19.2. The van der Waals surface area contributed by atoms with Crippen molar-refractivity contribution in [2.24, 2.45) is 0 Å². The molecule has 4 nitrogen and oxygen atoms in total. The minimum atomic E-state index is 0.0153. The Morgan fingerprint density at radius 3 is 2.37 bits per heavy atom. The lowest BCUT2D eigenvalue weighted by Gasteiger charge is -2.08. The lowest BCUT2D eigenvalue weighted by atomic mass is 10.1. The van der Waals surface area contributed by atoms with E-state index in [0.717, 1.165) is 38.9 Å². The summed E-state index contributed by atoms with van der Waals surface area (Å²) < 4.78 is 0. The molecule has 138 valence electrons. The topological polar surface area (TPSA) is 54.9 Å². The predicted molar refractivity (Wildman–Crippen MR) is 112 cm³/mol. The molecule has 0 saturated heterocycles. The molecule has 0 bridgehead atoms. The van der Waals surface area contributed by atoms with E-state index in [9.17, 15) is 4.79 Å². The molecular weight excluding hydrogens is 354 g/mol. The van der Waals surface area contributed by atoms with Crippen LogP contribution in [0.1, 0.15) is 23.4 Å². The molecule has 1 amide bonds. The van der Waals surface area contributed by atoms with Crippen LogP contribution in [0.25, 0.3) is 11.3 Å². The number of nitrogens with zero attached hydrogens (tertiary/aromatic N) is 2. The van der Waals surface area contributed by atoms with Gasteiger partial charge in [0, 0.05) is 23.4 Å². The Morgan fingerprint density at radius 1 is 0.963 bits per heavy atom. The van der Waals surface area contributed by atoms with Gasteiger partial charge in [0.2, 0.25) is 5.91 Å². The minimum Gasteiger partial charge on any atom is -0.326 e. The Hall–Kier alpha value is -2.66. The standard InChI is InChI=1S/C22H23N3OS/c1-15-11-16(2)13-19(12-15)25-21(26)9-10-27-22-14-20(23-17(3)24-22)18-7-5-4-6-8-18/h4-8,11-14H,9-10H2,1-3H3,(H,25,26). The van der Waals surface area contributed by atoms with Gasteiger partial charge in [-0.25, -0.2) is 9.97 Å². The van der Waals surface area contributed by atoms with Crippen LogP contribution in [0.2, 0.25) is 0 Å². The van der Waals surface area contributed by atoms with Gasteiger partial charge >= 0.3 is 0 Å². The molecule has 0 aliphatic carbocycles. The maximum Gasteiger partial charge on any atom is 0.225 e. The third kappa shape index (κ3) is 5.66. The molecule has 0 aliphatic heterocycles. The number of carbonyl (C=O) groups is 1. The number of thioether (sulfide) groups is 1. The van der Waals surface area contributed by atoms with E-state index >= 15 is 0 Å². The van der Waals surface area contributed by atoms with Gasteiger partial charge in [-0.05, 0) is 50.1 Å². The van der Waals surface area contributed by atoms with Crippen LogP contribution < -0.4 is 5.32 Å². The molecule has 27 heavy (non-hydrogen) atoms. The van der Waals surface area contributed by atoms with E-state index < -0.39 is 0 Å². The maximum absolute atomic E-state index is 12.2. The summed E-state index contributed by atoms with van der Waals surface area (Å²) in [7, 11) is 0. The van der Waals surface area contributed by atoms with E-state index in [1.807, 2.05) is 69.3 Å². The Morgan fingerprint density at radius 2 is 1.67 bits per heavy atom. The van der Waals surface area contributed by atoms with E-state index in [0.29, 0.717) is 12.2 Å². The van der Waals surface area contributed by atoms with Crippen molar-refractivity contribution in [3.63, 3.8) is 0 Å². The average Bonchev–Trinajstić information content (AvgIpc) is 2.61. The van der Waals surface area contributed by atoms with E-state index in [1.54, 1.807) is 11.8 Å². The molecule has 0 unspecified atom stereocenters. The number of anilines is 1. The van der Waals surface area contributed by atoms with Crippen molar-refractivity contribution in [3.05, 3.63) is 71.5 Å². The van der Waals surface area contributed by atoms with Gasteiger partial charge in [0.1, 0.15) is 10.9 Å². The smallest absolute Gasteiger partial charge is 0.225 e. The quantitative estimate of drug-likeness (QED) is 0.474. The van der Waals surface area contributed by atoms with Gasteiger partial charge in [0.25, 0.3) is 0 Å². The van der Waals surface area contributed by atoms with Gasteiger partial charge in [0.05, 0.1) is 5.69 Å². The van der Waals surface area contributed by atoms with Crippen molar-refractivity contribution in [2.75, 3.05) is 11.1 Å². The molecule has 3 aromatic rings. The molecule has 0 radical (unpaired) electrons. The lowest BCUT2D eigenvalue weighted by Crippen LogP contribution is -2.12. The number of aromatic nitrogens is 2. The fraction of sp³-hybridized carbons (Fsp3) is 0.227. The number of benzene rings is 2. The van der Waals surface area contributed by atoms with Crippen molar-refractivity contribution in [1.82, 2.24) is 9.97 Å². The number of amides is 1. The number of rotatable bonds is 6. The molecule has 0 spiro atoms. The summed E-state index contributed by atoms with van der Waals surface area (Å²) in [6, 6.07) is 18.1. The highest BCUT2D eigenvalue weighted by Crippen LogP contribution is 2.23. The highest BCUT2D eigenvalue weighted by atomic mass is 32.2. The number of carbonyl (C=O) groups excluding carboxylic acids is 1. The zero-order valence-electron chi connectivity index (χ0n) is 15.8. The molecule has 3 rings (SSSR count). The molecule has 0 aliphatic rings. The molecule has 0 atom stereocenters. The Kier molecular flexibility index (Phi) is 6.24. The highest BCUT2D eigenvalue weighted by molar-refractivity contribution is 7.99. The van der Waals surface area contributed by atoms with Gasteiger partial charge in [-0.3, -0.25) is 4.79 Å². The summed E-state index contributed by atoms with van der Waals surface area (Å²) in [5, 5.41) is 3.86. The maximum atomic E-state index is 12.2. The Bertz CT molecular complexity index is 921. The first-order chi connectivity index (χ1) is 13.0. The first-order valence-corrected chi connectivity index (χ1v) is 9.90. The van der Waals surface area contributed by atoms with Crippen LogP contribution in [-0.2, 0) is 4.79 Å². The highest BCUT2D eigenvalue weighted by Gasteiger charge is 2.07. The summed E-state index contributed by atoms with van der Waals surface area (Å²) in [5.74, 6) is 1.42. The molecule has 0 fully saturated rings. The molecule has 1 aromatic heterocycles. The van der Waals surface area contributed by atoms with Crippen molar-refractivity contribution < 1.29 is 4.79 Å². The second-order valence-electron chi connectivity index (χ2n) is 6.53.